The van der Waals surface area contributed by atoms with Crippen LogP contribution in [0.5, 0.6) is 0 Å². The molecule has 5 aromatic rings. The van der Waals surface area contributed by atoms with Gasteiger partial charge in [0, 0.05) is 11.1 Å². The van der Waals surface area contributed by atoms with Crippen LogP contribution in [-0.4, -0.2) is 14.8 Å². The summed E-state index contributed by atoms with van der Waals surface area (Å²) in [6, 6.07) is 33.4. The third-order valence-corrected chi connectivity index (χ3v) is 6.35. The van der Waals surface area contributed by atoms with Crippen LogP contribution < -0.4 is 5.32 Å². The first kappa shape index (κ1) is 25.7. The van der Waals surface area contributed by atoms with Crippen molar-refractivity contribution in [1.82, 2.24) is 0 Å². The van der Waals surface area contributed by atoms with Gasteiger partial charge in [-0.1, -0.05) is 91.0 Å². The number of non-ortho nitro benzene ring substituents is 1. The summed E-state index contributed by atoms with van der Waals surface area (Å²) < 4.78 is 0. The van der Waals surface area contributed by atoms with Gasteiger partial charge in [-0.25, -0.2) is 0 Å². The normalized spacial score (nSPS) is 10.6. The fourth-order valence-corrected chi connectivity index (χ4v) is 4.51. The molecular weight excluding hydrogens is 512 g/mol. The van der Waals surface area contributed by atoms with E-state index in [2.05, 4.69) is 5.32 Å². The molecule has 10 nitrogen and oxygen atoms in total. The fourth-order valence-electron chi connectivity index (χ4n) is 4.51. The van der Waals surface area contributed by atoms with Crippen molar-refractivity contribution < 1.29 is 14.8 Å². The van der Waals surface area contributed by atoms with Crippen LogP contribution in [0.25, 0.3) is 33.4 Å². The lowest BCUT2D eigenvalue weighted by Crippen LogP contribution is -2.05. The zero-order valence-electron chi connectivity index (χ0n) is 20.8. The number of hydrogen-bond acceptors (Lipinski definition) is 7. The minimum atomic E-state index is -0.900. The quantitative estimate of drug-likeness (QED) is 0.157. The Balaban J connectivity index is 1.86. The highest BCUT2D eigenvalue weighted by Crippen LogP contribution is 2.46. The van der Waals surface area contributed by atoms with Gasteiger partial charge in [0.1, 0.15) is 0 Å². The van der Waals surface area contributed by atoms with Gasteiger partial charge in [0.2, 0.25) is 0 Å². The van der Waals surface area contributed by atoms with E-state index in [-0.39, 0.29) is 0 Å². The zero-order chi connectivity index (χ0) is 28.2. The van der Waals surface area contributed by atoms with Crippen LogP contribution >= 0.6 is 0 Å². The second-order valence-electron chi connectivity index (χ2n) is 8.80. The van der Waals surface area contributed by atoms with Crippen molar-refractivity contribution in [2.75, 3.05) is 5.32 Å². The van der Waals surface area contributed by atoms with E-state index in [0.29, 0.717) is 16.8 Å². The number of nitro benzene ring substituents is 3. The minimum Gasteiger partial charge on any atom is -0.343 e. The summed E-state index contributed by atoms with van der Waals surface area (Å²) in [4.78, 5) is 32.8. The Labute approximate surface area is 227 Å². The fraction of sp³-hybridized carbons (Fsp3) is 0. The molecule has 0 aliphatic rings. The molecule has 5 rings (SSSR count). The molecular formula is C30H20N4O6. The van der Waals surface area contributed by atoms with Gasteiger partial charge in [-0.3, -0.25) is 30.3 Å². The number of rotatable bonds is 8. The molecule has 0 saturated heterocycles. The summed E-state index contributed by atoms with van der Waals surface area (Å²) >= 11 is 0. The van der Waals surface area contributed by atoms with Crippen LogP contribution in [0.3, 0.4) is 0 Å². The van der Waals surface area contributed by atoms with E-state index in [0.717, 1.165) is 34.4 Å². The van der Waals surface area contributed by atoms with Gasteiger partial charge in [-0.05, 0) is 34.4 Å². The van der Waals surface area contributed by atoms with Crippen molar-refractivity contribution in [1.29, 1.82) is 0 Å². The molecule has 40 heavy (non-hydrogen) atoms. The first-order chi connectivity index (χ1) is 19.3. The van der Waals surface area contributed by atoms with E-state index >= 15 is 0 Å². The van der Waals surface area contributed by atoms with Crippen molar-refractivity contribution in [3.8, 4) is 33.4 Å². The summed E-state index contributed by atoms with van der Waals surface area (Å²) in [6.45, 7) is 0. The van der Waals surface area contributed by atoms with Gasteiger partial charge in [-0.2, -0.15) is 0 Å². The third kappa shape index (κ3) is 5.09. The van der Waals surface area contributed by atoms with Crippen molar-refractivity contribution in [2.45, 2.75) is 0 Å². The van der Waals surface area contributed by atoms with Gasteiger partial charge >= 0.3 is 11.4 Å². The highest BCUT2D eigenvalue weighted by atomic mass is 16.6. The molecule has 5 aromatic carbocycles. The molecule has 0 unspecified atom stereocenters. The smallest absolute Gasteiger partial charge is 0.306 e. The molecule has 0 spiro atoms. The standard InChI is InChI=1S/C30H20N4O6/c35-32(36)24-18-27(33(37)38)30(28(19-24)34(39)40)31-29-25(21-12-6-2-7-13-21)16-23(20-10-4-1-5-11-20)17-26(29)22-14-8-3-9-15-22/h1-19,31H. The van der Waals surface area contributed by atoms with E-state index in [1.54, 1.807) is 0 Å². The molecule has 0 heterocycles. The van der Waals surface area contributed by atoms with Gasteiger partial charge in [0.15, 0.2) is 5.69 Å². The molecule has 0 bridgehead atoms. The lowest BCUT2D eigenvalue weighted by atomic mass is 9.90. The lowest BCUT2D eigenvalue weighted by Gasteiger charge is -2.20. The second kappa shape index (κ2) is 10.8. The highest BCUT2D eigenvalue weighted by molar-refractivity contribution is 5.98. The maximum Gasteiger partial charge on any atom is 0.306 e. The summed E-state index contributed by atoms with van der Waals surface area (Å²) in [5.74, 6) is 0. The average molecular weight is 533 g/mol. The summed E-state index contributed by atoms with van der Waals surface area (Å²) in [5, 5.41) is 38.4. The largest absolute Gasteiger partial charge is 0.343 e. The Bertz CT molecular complexity index is 1650. The van der Waals surface area contributed by atoms with Gasteiger partial charge in [-0.15, -0.1) is 0 Å². The van der Waals surface area contributed by atoms with Crippen molar-refractivity contribution in [3.05, 3.63) is 146 Å². The predicted molar refractivity (Wildman–Crippen MR) is 152 cm³/mol. The van der Waals surface area contributed by atoms with Crippen LogP contribution in [0.4, 0.5) is 28.4 Å². The van der Waals surface area contributed by atoms with E-state index in [9.17, 15) is 30.3 Å². The molecule has 10 heteroatoms. The minimum absolute atomic E-state index is 0.372. The van der Waals surface area contributed by atoms with E-state index < -0.39 is 37.5 Å². The molecule has 0 aliphatic carbocycles. The van der Waals surface area contributed by atoms with Crippen LogP contribution in [0, 0.1) is 30.3 Å². The number of benzene rings is 5. The SMILES string of the molecule is O=[N+]([O-])c1cc([N+](=O)[O-])c(Nc2c(-c3ccccc3)cc(-c3ccccc3)cc2-c2ccccc2)c([N+](=O)[O-])c1. The van der Waals surface area contributed by atoms with Crippen LogP contribution in [0.15, 0.2) is 115 Å². The van der Waals surface area contributed by atoms with Gasteiger partial charge in [0.25, 0.3) is 5.69 Å². The predicted octanol–water partition coefficient (Wildman–Crippen LogP) is 8.16. The van der Waals surface area contributed by atoms with E-state index in [4.69, 9.17) is 0 Å². The Morgan fingerprint density at radius 3 is 1.23 bits per heavy atom. The van der Waals surface area contributed by atoms with Crippen LogP contribution in [0.1, 0.15) is 0 Å². The molecule has 0 saturated carbocycles. The van der Waals surface area contributed by atoms with Gasteiger partial charge < -0.3 is 5.32 Å². The molecule has 1 N–H and O–H groups in total. The Kier molecular flexibility index (Phi) is 6.97. The zero-order valence-corrected chi connectivity index (χ0v) is 20.8. The number of hydrogen-bond donors (Lipinski definition) is 1. The molecule has 0 atom stereocenters. The molecule has 0 amide bonds. The van der Waals surface area contributed by atoms with E-state index in [1.807, 2.05) is 103 Å². The maximum absolute atomic E-state index is 12.0. The molecule has 0 radical (unpaired) electrons. The highest BCUT2D eigenvalue weighted by Gasteiger charge is 2.32. The summed E-state index contributed by atoms with van der Waals surface area (Å²) in [6.07, 6.45) is 0. The Morgan fingerprint density at radius 1 is 0.450 bits per heavy atom. The van der Waals surface area contributed by atoms with Crippen molar-refractivity contribution in [2.24, 2.45) is 0 Å². The first-order valence-electron chi connectivity index (χ1n) is 12.1. The molecule has 196 valence electrons. The van der Waals surface area contributed by atoms with Crippen LogP contribution in [0.2, 0.25) is 0 Å². The van der Waals surface area contributed by atoms with Gasteiger partial charge in [0.05, 0.1) is 32.6 Å². The number of nitrogens with one attached hydrogen (secondary N) is 1. The lowest BCUT2D eigenvalue weighted by molar-refractivity contribution is -0.401. The molecule has 0 aromatic heterocycles. The number of nitro groups is 3. The Hall–Kier alpha value is -5.90. The topological polar surface area (TPSA) is 141 Å². The molecule has 0 fully saturated rings. The number of anilines is 2. The molecule has 0 aliphatic heterocycles. The average Bonchev–Trinajstić information content (AvgIpc) is 2.98. The van der Waals surface area contributed by atoms with Crippen LogP contribution in [-0.2, 0) is 0 Å². The summed E-state index contributed by atoms with van der Waals surface area (Å²) in [7, 11) is 0. The monoisotopic (exact) mass is 532 g/mol. The third-order valence-electron chi connectivity index (χ3n) is 6.35. The number of nitrogens with zero attached hydrogens (tertiary/aromatic N) is 3. The van der Waals surface area contributed by atoms with Crippen molar-refractivity contribution >= 4 is 28.4 Å². The first-order valence-corrected chi connectivity index (χ1v) is 12.1. The van der Waals surface area contributed by atoms with Crippen molar-refractivity contribution in [3.63, 3.8) is 0 Å². The maximum atomic E-state index is 12.0. The summed E-state index contributed by atoms with van der Waals surface area (Å²) in [5.41, 5.74) is 2.14. The van der Waals surface area contributed by atoms with E-state index in [1.165, 1.54) is 0 Å². The second-order valence-corrected chi connectivity index (χ2v) is 8.80. The Morgan fingerprint density at radius 2 is 0.850 bits per heavy atom.